The zero-order valence-electron chi connectivity index (χ0n) is 8.13. The van der Waals surface area contributed by atoms with Crippen molar-refractivity contribution in [3.63, 3.8) is 0 Å². The molecule has 2 aliphatic rings. The zero-order chi connectivity index (χ0) is 9.10. The Kier molecular flexibility index (Phi) is 2.87. The first kappa shape index (κ1) is 9.05. The van der Waals surface area contributed by atoms with Gasteiger partial charge in [0.25, 0.3) is 0 Å². The second-order valence-electron chi connectivity index (χ2n) is 4.12. The predicted molar refractivity (Wildman–Crippen MR) is 54.4 cm³/mol. The van der Waals surface area contributed by atoms with Gasteiger partial charge in [0.15, 0.2) is 0 Å². The molecular weight excluding hydrogens is 160 g/mol. The summed E-state index contributed by atoms with van der Waals surface area (Å²) in [4.78, 5) is 2.58. The third-order valence-corrected chi connectivity index (χ3v) is 3.34. The summed E-state index contributed by atoms with van der Waals surface area (Å²) < 4.78 is 0. The highest BCUT2D eigenvalue weighted by molar-refractivity contribution is 4.94. The molecule has 2 rings (SSSR count). The van der Waals surface area contributed by atoms with Crippen molar-refractivity contribution >= 4 is 0 Å². The fourth-order valence-corrected chi connectivity index (χ4v) is 2.65. The van der Waals surface area contributed by atoms with Crippen LogP contribution in [0.3, 0.4) is 0 Å². The van der Waals surface area contributed by atoms with E-state index >= 15 is 0 Å². The van der Waals surface area contributed by atoms with E-state index in [-0.39, 0.29) is 0 Å². The Hall–Kier alpha value is -0.520. The van der Waals surface area contributed by atoms with Crippen LogP contribution in [0.2, 0.25) is 0 Å². The largest absolute Gasteiger partial charge is 0.315 e. The van der Waals surface area contributed by atoms with E-state index in [0.717, 1.165) is 24.9 Å². The van der Waals surface area contributed by atoms with Gasteiger partial charge in [0, 0.05) is 25.6 Å². The molecule has 0 aromatic rings. The number of rotatable bonds is 2. The summed E-state index contributed by atoms with van der Waals surface area (Å²) in [5, 5.41) is 3.48. The van der Waals surface area contributed by atoms with E-state index in [1.165, 1.54) is 32.5 Å². The van der Waals surface area contributed by atoms with E-state index in [1.54, 1.807) is 0 Å². The molecule has 0 aliphatic carbocycles. The first-order valence-corrected chi connectivity index (χ1v) is 5.30. The SMILES string of the molecule is C#CCCN1CCCC2CNCC21. The fourth-order valence-electron chi connectivity index (χ4n) is 2.65. The molecule has 0 amide bonds. The number of terminal acetylenes is 1. The van der Waals surface area contributed by atoms with E-state index in [4.69, 9.17) is 6.42 Å². The number of likely N-dealkylation sites (tertiary alicyclic amines) is 1. The Labute approximate surface area is 80.7 Å². The number of hydrogen-bond donors (Lipinski definition) is 1. The molecule has 0 spiro atoms. The maximum atomic E-state index is 5.29. The molecule has 0 aromatic heterocycles. The molecule has 2 heteroatoms. The third kappa shape index (κ3) is 1.87. The van der Waals surface area contributed by atoms with Crippen molar-refractivity contribution in [2.45, 2.75) is 25.3 Å². The Morgan fingerprint density at radius 1 is 1.46 bits per heavy atom. The van der Waals surface area contributed by atoms with Crippen LogP contribution in [0.1, 0.15) is 19.3 Å². The van der Waals surface area contributed by atoms with Crippen LogP contribution in [-0.2, 0) is 0 Å². The molecule has 2 aliphatic heterocycles. The minimum absolute atomic E-state index is 0.780. The molecule has 2 heterocycles. The molecule has 2 unspecified atom stereocenters. The number of nitrogens with one attached hydrogen (secondary N) is 1. The van der Waals surface area contributed by atoms with Crippen molar-refractivity contribution in [3.05, 3.63) is 0 Å². The second kappa shape index (κ2) is 4.13. The maximum absolute atomic E-state index is 5.29. The van der Waals surface area contributed by atoms with Gasteiger partial charge in [-0.2, -0.15) is 0 Å². The molecule has 0 saturated carbocycles. The summed E-state index contributed by atoms with van der Waals surface area (Å²) in [5.41, 5.74) is 0. The fraction of sp³-hybridized carbons (Fsp3) is 0.818. The van der Waals surface area contributed by atoms with Crippen molar-refractivity contribution in [3.8, 4) is 12.3 Å². The Balaban J connectivity index is 1.90. The van der Waals surface area contributed by atoms with Crippen LogP contribution in [0.15, 0.2) is 0 Å². The standard InChI is InChI=1S/C11H18N2/c1-2-3-6-13-7-4-5-10-8-12-9-11(10)13/h1,10-12H,3-9H2. The van der Waals surface area contributed by atoms with E-state index < -0.39 is 0 Å². The lowest BCUT2D eigenvalue weighted by molar-refractivity contribution is 0.128. The van der Waals surface area contributed by atoms with Gasteiger partial charge in [-0.1, -0.05) is 0 Å². The van der Waals surface area contributed by atoms with Gasteiger partial charge < -0.3 is 5.32 Å². The minimum atomic E-state index is 0.780. The van der Waals surface area contributed by atoms with Crippen molar-refractivity contribution < 1.29 is 0 Å². The summed E-state index contributed by atoms with van der Waals surface area (Å²) in [6, 6.07) is 0.780. The molecule has 0 bridgehead atoms. The normalized spacial score (nSPS) is 34.1. The third-order valence-electron chi connectivity index (χ3n) is 3.34. The van der Waals surface area contributed by atoms with Crippen LogP contribution >= 0.6 is 0 Å². The van der Waals surface area contributed by atoms with Gasteiger partial charge in [0.2, 0.25) is 0 Å². The molecule has 13 heavy (non-hydrogen) atoms. The number of piperidine rings is 1. The molecule has 2 saturated heterocycles. The molecule has 0 radical (unpaired) electrons. The number of fused-ring (bicyclic) bond motifs is 1. The highest BCUT2D eigenvalue weighted by Gasteiger charge is 2.34. The summed E-state index contributed by atoms with van der Waals surface area (Å²) >= 11 is 0. The van der Waals surface area contributed by atoms with E-state index in [9.17, 15) is 0 Å². The van der Waals surface area contributed by atoms with Crippen LogP contribution in [-0.4, -0.2) is 37.1 Å². The van der Waals surface area contributed by atoms with Crippen molar-refractivity contribution in [2.75, 3.05) is 26.2 Å². The number of hydrogen-bond acceptors (Lipinski definition) is 2. The average molecular weight is 178 g/mol. The highest BCUT2D eigenvalue weighted by atomic mass is 15.2. The summed E-state index contributed by atoms with van der Waals surface area (Å²) in [5.74, 6) is 3.63. The van der Waals surface area contributed by atoms with Gasteiger partial charge in [-0.15, -0.1) is 12.3 Å². The first-order chi connectivity index (χ1) is 6.42. The molecule has 2 atom stereocenters. The molecule has 1 N–H and O–H groups in total. The molecule has 0 aromatic carbocycles. The lowest BCUT2D eigenvalue weighted by atomic mass is 9.92. The predicted octanol–water partition coefficient (Wildman–Crippen LogP) is 0.693. The summed E-state index contributed by atoms with van der Waals surface area (Å²) in [6.45, 7) is 4.75. The smallest absolute Gasteiger partial charge is 0.0261 e. The van der Waals surface area contributed by atoms with Crippen molar-refractivity contribution in [1.29, 1.82) is 0 Å². The first-order valence-electron chi connectivity index (χ1n) is 5.30. The van der Waals surface area contributed by atoms with E-state index in [2.05, 4.69) is 16.1 Å². The van der Waals surface area contributed by atoms with Crippen LogP contribution in [0.25, 0.3) is 0 Å². The average Bonchev–Trinajstić information content (AvgIpc) is 2.62. The Morgan fingerprint density at radius 3 is 3.23 bits per heavy atom. The van der Waals surface area contributed by atoms with Gasteiger partial charge in [-0.05, 0) is 31.8 Å². The van der Waals surface area contributed by atoms with E-state index in [0.29, 0.717) is 0 Å². The maximum Gasteiger partial charge on any atom is 0.0261 e. The monoisotopic (exact) mass is 178 g/mol. The lowest BCUT2D eigenvalue weighted by Gasteiger charge is -2.36. The quantitative estimate of drug-likeness (QED) is 0.626. The van der Waals surface area contributed by atoms with Crippen LogP contribution in [0, 0.1) is 18.3 Å². The van der Waals surface area contributed by atoms with Crippen molar-refractivity contribution in [2.24, 2.45) is 5.92 Å². The van der Waals surface area contributed by atoms with Gasteiger partial charge >= 0.3 is 0 Å². The van der Waals surface area contributed by atoms with Gasteiger partial charge in [-0.3, -0.25) is 4.90 Å². The lowest BCUT2D eigenvalue weighted by Crippen LogP contribution is -2.45. The molecule has 2 fully saturated rings. The Morgan fingerprint density at radius 2 is 2.38 bits per heavy atom. The zero-order valence-corrected chi connectivity index (χ0v) is 8.13. The molecule has 2 nitrogen and oxygen atoms in total. The van der Waals surface area contributed by atoms with Crippen LogP contribution in [0.4, 0.5) is 0 Å². The minimum Gasteiger partial charge on any atom is -0.315 e. The number of nitrogens with zero attached hydrogens (tertiary/aromatic N) is 1. The summed E-state index contributed by atoms with van der Waals surface area (Å²) in [7, 11) is 0. The molecular formula is C11H18N2. The van der Waals surface area contributed by atoms with Gasteiger partial charge in [0.05, 0.1) is 0 Å². The van der Waals surface area contributed by atoms with Crippen molar-refractivity contribution in [1.82, 2.24) is 10.2 Å². The van der Waals surface area contributed by atoms with Crippen LogP contribution in [0.5, 0.6) is 0 Å². The van der Waals surface area contributed by atoms with Crippen LogP contribution < -0.4 is 5.32 Å². The summed E-state index contributed by atoms with van der Waals surface area (Å²) in [6.07, 6.45) is 8.96. The molecule has 72 valence electrons. The van der Waals surface area contributed by atoms with Gasteiger partial charge in [0.1, 0.15) is 0 Å². The topological polar surface area (TPSA) is 15.3 Å². The second-order valence-corrected chi connectivity index (χ2v) is 4.12. The van der Waals surface area contributed by atoms with E-state index in [1.807, 2.05) is 0 Å². The van der Waals surface area contributed by atoms with Gasteiger partial charge in [-0.25, -0.2) is 0 Å². The Bertz CT molecular complexity index is 207. The highest BCUT2D eigenvalue weighted by Crippen LogP contribution is 2.26.